The smallest absolute Gasteiger partial charge is 0.305 e. The SMILES string of the molecule is CCCCCCCOC(=O)CCCCCCCCCC(=O)CCCCCCCC(=O)O. The van der Waals surface area contributed by atoms with E-state index in [2.05, 4.69) is 6.92 Å². The zero-order chi connectivity index (χ0) is 23.0. The van der Waals surface area contributed by atoms with Gasteiger partial charge in [0.15, 0.2) is 0 Å². The summed E-state index contributed by atoms with van der Waals surface area (Å²) in [6.45, 7) is 2.77. The van der Waals surface area contributed by atoms with E-state index in [0.717, 1.165) is 77.0 Å². The summed E-state index contributed by atoms with van der Waals surface area (Å²) in [7, 11) is 0. The van der Waals surface area contributed by atoms with Gasteiger partial charge in [-0.15, -0.1) is 0 Å². The van der Waals surface area contributed by atoms with Crippen molar-refractivity contribution < 1.29 is 24.2 Å². The molecule has 5 nitrogen and oxygen atoms in total. The van der Waals surface area contributed by atoms with Crippen molar-refractivity contribution in [1.29, 1.82) is 0 Å². The number of carbonyl (C=O) groups excluding carboxylic acids is 2. The average molecular weight is 441 g/mol. The lowest BCUT2D eigenvalue weighted by Gasteiger charge is -2.05. The number of hydrogen-bond donors (Lipinski definition) is 1. The summed E-state index contributed by atoms with van der Waals surface area (Å²) in [6, 6.07) is 0. The average Bonchev–Trinajstić information content (AvgIpc) is 2.74. The quantitative estimate of drug-likeness (QED) is 0.125. The second-order valence-electron chi connectivity index (χ2n) is 8.81. The third-order valence-corrected chi connectivity index (χ3v) is 5.69. The Morgan fingerprint density at radius 2 is 0.968 bits per heavy atom. The van der Waals surface area contributed by atoms with Gasteiger partial charge in [0, 0.05) is 25.7 Å². The number of carboxylic acids is 1. The van der Waals surface area contributed by atoms with Gasteiger partial charge in [-0.2, -0.15) is 0 Å². The van der Waals surface area contributed by atoms with Gasteiger partial charge in [0.2, 0.25) is 0 Å². The highest BCUT2D eigenvalue weighted by Crippen LogP contribution is 2.13. The van der Waals surface area contributed by atoms with Crippen molar-refractivity contribution in [3.63, 3.8) is 0 Å². The number of ketones is 1. The molecule has 0 bridgehead atoms. The molecule has 0 atom stereocenters. The van der Waals surface area contributed by atoms with Crippen molar-refractivity contribution in [3.8, 4) is 0 Å². The molecule has 0 fully saturated rings. The Bertz CT molecular complexity index is 447. The zero-order valence-electron chi connectivity index (χ0n) is 20.1. The molecule has 0 aromatic heterocycles. The lowest BCUT2D eigenvalue weighted by molar-refractivity contribution is -0.144. The van der Waals surface area contributed by atoms with E-state index in [1.165, 1.54) is 32.1 Å². The summed E-state index contributed by atoms with van der Waals surface area (Å²) in [6.07, 6.45) is 20.3. The minimum Gasteiger partial charge on any atom is -0.481 e. The number of aliphatic carboxylic acids is 1. The van der Waals surface area contributed by atoms with E-state index in [1.807, 2.05) is 0 Å². The Kier molecular flexibility index (Phi) is 22.2. The molecule has 0 amide bonds. The molecule has 5 heteroatoms. The zero-order valence-corrected chi connectivity index (χ0v) is 20.1. The standard InChI is InChI=1S/C26H48O5/c1-2-3-4-13-18-23-31-26(30)22-17-12-7-5-6-9-14-19-24(27)20-15-10-8-11-16-21-25(28)29/h2-23H2,1H3,(H,28,29). The van der Waals surface area contributed by atoms with E-state index in [1.54, 1.807) is 0 Å². The van der Waals surface area contributed by atoms with Gasteiger partial charge in [-0.05, 0) is 32.1 Å². The summed E-state index contributed by atoms with van der Waals surface area (Å²) in [4.78, 5) is 34.0. The molecule has 0 aliphatic carbocycles. The van der Waals surface area contributed by atoms with Crippen molar-refractivity contribution in [2.75, 3.05) is 6.61 Å². The Balaban J connectivity index is 3.27. The highest BCUT2D eigenvalue weighted by atomic mass is 16.5. The molecule has 0 radical (unpaired) electrons. The number of Topliss-reactive ketones (excluding diaryl/α,β-unsaturated/α-hetero) is 1. The molecule has 1 N–H and O–H groups in total. The fourth-order valence-corrected chi connectivity index (χ4v) is 3.69. The van der Waals surface area contributed by atoms with Gasteiger partial charge in [0.05, 0.1) is 6.61 Å². The molecule has 0 rings (SSSR count). The van der Waals surface area contributed by atoms with Crippen LogP contribution in [-0.2, 0) is 19.1 Å². The molecule has 182 valence electrons. The number of carboxylic acid groups (broad SMARTS) is 1. The molecule has 0 aromatic rings. The van der Waals surface area contributed by atoms with Crippen LogP contribution in [0.15, 0.2) is 0 Å². The van der Waals surface area contributed by atoms with Crippen LogP contribution >= 0.6 is 0 Å². The molecular formula is C26H48O5. The van der Waals surface area contributed by atoms with Crippen molar-refractivity contribution in [2.24, 2.45) is 0 Å². The monoisotopic (exact) mass is 440 g/mol. The summed E-state index contributed by atoms with van der Waals surface area (Å²) in [5.41, 5.74) is 0. The summed E-state index contributed by atoms with van der Waals surface area (Å²) < 4.78 is 5.27. The molecule has 0 saturated carbocycles. The Hall–Kier alpha value is -1.39. The Morgan fingerprint density at radius 3 is 1.48 bits per heavy atom. The van der Waals surface area contributed by atoms with Crippen LogP contribution in [0.25, 0.3) is 0 Å². The first kappa shape index (κ1) is 29.6. The Morgan fingerprint density at radius 1 is 0.548 bits per heavy atom. The van der Waals surface area contributed by atoms with E-state index in [4.69, 9.17) is 9.84 Å². The van der Waals surface area contributed by atoms with Crippen molar-refractivity contribution in [1.82, 2.24) is 0 Å². The molecule has 31 heavy (non-hydrogen) atoms. The maximum absolute atomic E-state index is 11.9. The highest BCUT2D eigenvalue weighted by Gasteiger charge is 2.04. The summed E-state index contributed by atoms with van der Waals surface area (Å²) in [5, 5.41) is 8.57. The van der Waals surface area contributed by atoms with Gasteiger partial charge in [0.25, 0.3) is 0 Å². The highest BCUT2D eigenvalue weighted by molar-refractivity contribution is 5.78. The van der Waals surface area contributed by atoms with Gasteiger partial charge in [-0.25, -0.2) is 0 Å². The normalized spacial score (nSPS) is 10.9. The molecule has 0 heterocycles. The second kappa shape index (κ2) is 23.3. The van der Waals surface area contributed by atoms with Crippen LogP contribution in [-0.4, -0.2) is 29.4 Å². The van der Waals surface area contributed by atoms with Crippen LogP contribution in [0.4, 0.5) is 0 Å². The van der Waals surface area contributed by atoms with Gasteiger partial charge < -0.3 is 9.84 Å². The van der Waals surface area contributed by atoms with E-state index in [0.29, 0.717) is 31.7 Å². The first-order valence-corrected chi connectivity index (χ1v) is 13.0. The minimum atomic E-state index is -0.723. The maximum Gasteiger partial charge on any atom is 0.305 e. The van der Waals surface area contributed by atoms with Crippen LogP contribution in [0.5, 0.6) is 0 Å². The van der Waals surface area contributed by atoms with Gasteiger partial charge in [-0.3, -0.25) is 14.4 Å². The number of unbranched alkanes of at least 4 members (excludes halogenated alkanes) is 14. The molecule has 0 unspecified atom stereocenters. The lowest BCUT2D eigenvalue weighted by atomic mass is 10.0. The van der Waals surface area contributed by atoms with Gasteiger partial charge in [-0.1, -0.05) is 84.0 Å². The first-order chi connectivity index (χ1) is 15.1. The fraction of sp³-hybridized carbons (Fsp3) is 0.885. The molecule has 0 spiro atoms. The molecule has 0 saturated heterocycles. The van der Waals surface area contributed by atoms with Crippen LogP contribution in [0, 0.1) is 0 Å². The number of esters is 1. The molecule has 0 aromatic carbocycles. The third-order valence-electron chi connectivity index (χ3n) is 5.69. The number of ether oxygens (including phenoxy) is 1. The van der Waals surface area contributed by atoms with Crippen LogP contribution in [0.1, 0.15) is 142 Å². The predicted molar refractivity (Wildman–Crippen MR) is 126 cm³/mol. The summed E-state index contributed by atoms with van der Waals surface area (Å²) >= 11 is 0. The summed E-state index contributed by atoms with van der Waals surface area (Å²) in [5.74, 6) is -0.401. The van der Waals surface area contributed by atoms with E-state index >= 15 is 0 Å². The number of rotatable bonds is 24. The largest absolute Gasteiger partial charge is 0.481 e. The molecule has 0 aliphatic rings. The number of carbonyl (C=O) groups is 3. The first-order valence-electron chi connectivity index (χ1n) is 13.0. The third kappa shape index (κ3) is 24.7. The van der Waals surface area contributed by atoms with Crippen LogP contribution in [0.2, 0.25) is 0 Å². The maximum atomic E-state index is 11.9. The topological polar surface area (TPSA) is 80.7 Å². The fourth-order valence-electron chi connectivity index (χ4n) is 3.69. The number of hydrogen-bond acceptors (Lipinski definition) is 4. The second-order valence-corrected chi connectivity index (χ2v) is 8.81. The molecular weight excluding hydrogens is 392 g/mol. The van der Waals surface area contributed by atoms with Crippen molar-refractivity contribution >= 4 is 17.7 Å². The lowest BCUT2D eigenvalue weighted by Crippen LogP contribution is -2.05. The molecule has 0 aliphatic heterocycles. The van der Waals surface area contributed by atoms with Crippen LogP contribution in [0.3, 0.4) is 0 Å². The van der Waals surface area contributed by atoms with Gasteiger partial charge in [0.1, 0.15) is 5.78 Å². The van der Waals surface area contributed by atoms with Gasteiger partial charge >= 0.3 is 11.9 Å². The minimum absolute atomic E-state index is 0.0470. The van der Waals surface area contributed by atoms with E-state index in [-0.39, 0.29) is 12.4 Å². The van der Waals surface area contributed by atoms with Crippen LogP contribution < -0.4 is 0 Å². The Labute approximate surface area is 190 Å². The van der Waals surface area contributed by atoms with E-state index in [9.17, 15) is 14.4 Å². The van der Waals surface area contributed by atoms with E-state index < -0.39 is 5.97 Å². The van der Waals surface area contributed by atoms with Crippen molar-refractivity contribution in [2.45, 2.75) is 142 Å². The van der Waals surface area contributed by atoms with Crippen molar-refractivity contribution in [3.05, 3.63) is 0 Å². The predicted octanol–water partition coefficient (Wildman–Crippen LogP) is 7.40.